The average molecular weight is 240 g/mol. The van der Waals surface area contributed by atoms with Gasteiger partial charge in [-0.25, -0.2) is 0 Å². The Morgan fingerprint density at radius 3 is 2.50 bits per heavy atom. The summed E-state index contributed by atoms with van der Waals surface area (Å²) in [6.07, 6.45) is 0.872. The highest BCUT2D eigenvalue weighted by molar-refractivity contribution is 5.47. The van der Waals surface area contributed by atoms with E-state index in [-0.39, 0.29) is 0 Å². The molecule has 1 aromatic carbocycles. The largest absolute Gasteiger partial charge is 0.335 e. The van der Waals surface area contributed by atoms with E-state index in [2.05, 4.69) is 4.98 Å². The van der Waals surface area contributed by atoms with Crippen molar-refractivity contribution in [2.45, 2.75) is 20.0 Å². The summed E-state index contributed by atoms with van der Waals surface area (Å²) in [5, 5.41) is 0. The zero-order valence-electron chi connectivity index (χ0n) is 10.4. The third-order valence-electron chi connectivity index (χ3n) is 2.69. The van der Waals surface area contributed by atoms with Crippen LogP contribution < -0.4 is 0 Å². The van der Waals surface area contributed by atoms with Gasteiger partial charge in [-0.05, 0) is 24.6 Å². The van der Waals surface area contributed by atoms with Gasteiger partial charge in [0.1, 0.15) is 0 Å². The fourth-order valence-corrected chi connectivity index (χ4v) is 1.84. The summed E-state index contributed by atoms with van der Waals surface area (Å²) in [6.45, 7) is 3.10. The van der Waals surface area contributed by atoms with Crippen LogP contribution in [0.4, 0.5) is 0 Å². The highest BCUT2D eigenvalue weighted by Gasteiger charge is 2.05. The fraction of sp³-hybridized carbons (Fsp3) is 0.200. The molecule has 1 heterocycles. The van der Waals surface area contributed by atoms with E-state index in [0.29, 0.717) is 13.1 Å². The predicted octanol–water partition coefficient (Wildman–Crippen LogP) is 2.55. The number of benzene rings is 1. The first-order valence-electron chi connectivity index (χ1n) is 5.94. The second-order valence-electron chi connectivity index (χ2n) is 4.27. The number of aromatic nitrogens is 1. The molecule has 92 valence electrons. The van der Waals surface area contributed by atoms with Crippen LogP contribution in [0.15, 0.2) is 48.5 Å². The van der Waals surface area contributed by atoms with Crippen molar-refractivity contribution in [3.8, 4) is 0 Å². The van der Waals surface area contributed by atoms with Crippen molar-refractivity contribution in [1.82, 2.24) is 9.88 Å². The van der Waals surface area contributed by atoms with Crippen LogP contribution in [0.5, 0.6) is 0 Å². The molecule has 1 amide bonds. The lowest BCUT2D eigenvalue weighted by Crippen LogP contribution is -2.21. The topological polar surface area (TPSA) is 33.2 Å². The lowest BCUT2D eigenvalue weighted by Gasteiger charge is -2.17. The van der Waals surface area contributed by atoms with Crippen LogP contribution in [0.25, 0.3) is 0 Å². The Balaban J connectivity index is 2.04. The van der Waals surface area contributed by atoms with Crippen LogP contribution in [0.1, 0.15) is 17.0 Å². The molecular weight excluding hydrogens is 224 g/mol. The van der Waals surface area contributed by atoms with Crippen LogP contribution in [-0.4, -0.2) is 16.3 Å². The van der Waals surface area contributed by atoms with Crippen LogP contribution >= 0.6 is 0 Å². The van der Waals surface area contributed by atoms with Crippen molar-refractivity contribution >= 4 is 6.41 Å². The maximum Gasteiger partial charge on any atom is 0.210 e. The van der Waals surface area contributed by atoms with Crippen LogP contribution in [0, 0.1) is 6.92 Å². The van der Waals surface area contributed by atoms with Crippen molar-refractivity contribution in [2.24, 2.45) is 0 Å². The van der Waals surface area contributed by atoms with Gasteiger partial charge in [-0.1, -0.05) is 36.4 Å². The highest BCUT2D eigenvalue weighted by Crippen LogP contribution is 2.07. The van der Waals surface area contributed by atoms with E-state index in [9.17, 15) is 4.79 Å². The quantitative estimate of drug-likeness (QED) is 0.752. The normalized spacial score (nSPS) is 10.1. The zero-order valence-corrected chi connectivity index (χ0v) is 10.4. The Labute approximate surface area is 107 Å². The summed E-state index contributed by atoms with van der Waals surface area (Å²) in [6, 6.07) is 15.8. The van der Waals surface area contributed by atoms with E-state index in [0.717, 1.165) is 23.4 Å². The van der Waals surface area contributed by atoms with Gasteiger partial charge in [-0.2, -0.15) is 0 Å². The number of aryl methyl sites for hydroxylation is 1. The third kappa shape index (κ3) is 3.42. The maximum absolute atomic E-state index is 11.1. The van der Waals surface area contributed by atoms with Gasteiger partial charge in [0.25, 0.3) is 0 Å². The van der Waals surface area contributed by atoms with E-state index >= 15 is 0 Å². The van der Waals surface area contributed by atoms with E-state index in [1.807, 2.05) is 55.5 Å². The Bertz CT molecular complexity index is 511. The Kier molecular flexibility index (Phi) is 4.07. The van der Waals surface area contributed by atoms with Crippen LogP contribution in [0.3, 0.4) is 0 Å². The van der Waals surface area contributed by atoms with Gasteiger partial charge in [0.2, 0.25) is 6.41 Å². The minimum Gasteiger partial charge on any atom is -0.335 e. The van der Waals surface area contributed by atoms with Crippen molar-refractivity contribution in [3.05, 3.63) is 65.5 Å². The summed E-state index contributed by atoms with van der Waals surface area (Å²) >= 11 is 0. The molecule has 0 radical (unpaired) electrons. The number of carbonyl (C=O) groups excluding carboxylic acids is 1. The molecule has 0 N–H and O–H groups in total. The Hall–Kier alpha value is -2.16. The molecule has 0 aliphatic heterocycles. The molecule has 18 heavy (non-hydrogen) atoms. The number of hydrogen-bond donors (Lipinski definition) is 0. The van der Waals surface area contributed by atoms with Gasteiger partial charge in [0, 0.05) is 12.2 Å². The first kappa shape index (κ1) is 12.3. The third-order valence-corrected chi connectivity index (χ3v) is 2.69. The molecule has 0 saturated heterocycles. The number of rotatable bonds is 5. The van der Waals surface area contributed by atoms with E-state index < -0.39 is 0 Å². The molecule has 0 spiro atoms. The summed E-state index contributed by atoms with van der Waals surface area (Å²) in [4.78, 5) is 17.2. The summed E-state index contributed by atoms with van der Waals surface area (Å²) in [5.41, 5.74) is 3.01. The molecule has 0 bridgehead atoms. The molecule has 0 atom stereocenters. The standard InChI is InChI=1S/C15H16N2O/c1-13-6-5-9-15(16-13)11-17(12-18)10-14-7-3-2-4-8-14/h2-9,12H,10-11H2,1H3. The first-order chi connectivity index (χ1) is 8.78. The van der Waals surface area contributed by atoms with E-state index in [1.54, 1.807) is 4.90 Å². The molecule has 0 aliphatic rings. The monoisotopic (exact) mass is 240 g/mol. The first-order valence-corrected chi connectivity index (χ1v) is 5.94. The van der Waals surface area contributed by atoms with Gasteiger partial charge in [-0.3, -0.25) is 9.78 Å². The van der Waals surface area contributed by atoms with Crippen LogP contribution in [0.2, 0.25) is 0 Å². The Morgan fingerprint density at radius 1 is 1.06 bits per heavy atom. The highest BCUT2D eigenvalue weighted by atomic mass is 16.1. The number of pyridine rings is 1. The summed E-state index contributed by atoms with van der Waals surface area (Å²) < 4.78 is 0. The minimum atomic E-state index is 0.542. The summed E-state index contributed by atoms with van der Waals surface area (Å²) in [5.74, 6) is 0. The second kappa shape index (κ2) is 5.96. The second-order valence-corrected chi connectivity index (χ2v) is 4.27. The smallest absolute Gasteiger partial charge is 0.210 e. The van der Waals surface area contributed by atoms with Gasteiger partial charge in [0.15, 0.2) is 0 Å². The maximum atomic E-state index is 11.1. The molecule has 1 aromatic heterocycles. The number of amides is 1. The molecule has 0 unspecified atom stereocenters. The number of hydrogen-bond acceptors (Lipinski definition) is 2. The van der Waals surface area contributed by atoms with Gasteiger partial charge < -0.3 is 4.90 Å². The number of nitrogens with zero attached hydrogens (tertiary/aromatic N) is 2. The molecule has 3 nitrogen and oxygen atoms in total. The van der Waals surface area contributed by atoms with Crippen molar-refractivity contribution in [1.29, 1.82) is 0 Å². The van der Waals surface area contributed by atoms with Crippen LogP contribution in [-0.2, 0) is 17.9 Å². The molecular formula is C15H16N2O. The van der Waals surface area contributed by atoms with Crippen molar-refractivity contribution in [3.63, 3.8) is 0 Å². The van der Waals surface area contributed by atoms with Crippen molar-refractivity contribution in [2.75, 3.05) is 0 Å². The van der Waals surface area contributed by atoms with E-state index in [4.69, 9.17) is 0 Å². The summed E-state index contributed by atoms with van der Waals surface area (Å²) in [7, 11) is 0. The average Bonchev–Trinajstić information content (AvgIpc) is 2.39. The zero-order chi connectivity index (χ0) is 12.8. The lowest BCUT2D eigenvalue weighted by molar-refractivity contribution is -0.119. The number of carbonyl (C=O) groups is 1. The Morgan fingerprint density at radius 2 is 1.83 bits per heavy atom. The fourth-order valence-electron chi connectivity index (χ4n) is 1.84. The minimum absolute atomic E-state index is 0.542. The van der Waals surface area contributed by atoms with Gasteiger partial charge in [-0.15, -0.1) is 0 Å². The SMILES string of the molecule is Cc1cccc(CN(C=O)Cc2ccccc2)n1. The molecule has 2 rings (SSSR count). The molecule has 0 saturated carbocycles. The van der Waals surface area contributed by atoms with Crippen molar-refractivity contribution < 1.29 is 4.79 Å². The van der Waals surface area contributed by atoms with E-state index in [1.165, 1.54) is 0 Å². The lowest BCUT2D eigenvalue weighted by atomic mass is 10.2. The molecule has 3 heteroatoms. The van der Waals surface area contributed by atoms with Gasteiger partial charge in [0.05, 0.1) is 12.2 Å². The predicted molar refractivity (Wildman–Crippen MR) is 70.7 cm³/mol. The van der Waals surface area contributed by atoms with Gasteiger partial charge >= 0.3 is 0 Å². The molecule has 0 fully saturated rings. The molecule has 0 aliphatic carbocycles. The molecule has 2 aromatic rings.